The van der Waals surface area contributed by atoms with Gasteiger partial charge < -0.3 is 15.0 Å². The zero-order chi connectivity index (χ0) is 30.3. The Hall–Kier alpha value is -4.05. The van der Waals surface area contributed by atoms with E-state index in [9.17, 15) is 18.0 Å². The van der Waals surface area contributed by atoms with Crippen molar-refractivity contribution in [2.45, 2.75) is 24.4 Å². The number of para-hydroxylation sites is 1. The molecule has 0 aromatic heterocycles. The lowest BCUT2D eigenvalue weighted by Crippen LogP contribution is -2.50. The van der Waals surface area contributed by atoms with Gasteiger partial charge in [0.25, 0.3) is 10.0 Å². The van der Waals surface area contributed by atoms with E-state index in [1.807, 2.05) is 18.2 Å². The Morgan fingerprint density at radius 2 is 1.45 bits per heavy atom. The van der Waals surface area contributed by atoms with E-state index in [0.717, 1.165) is 4.31 Å². The first-order valence-corrected chi connectivity index (χ1v) is 15.2. The zero-order valence-electron chi connectivity index (χ0n) is 22.9. The van der Waals surface area contributed by atoms with Crippen molar-refractivity contribution in [3.05, 3.63) is 119 Å². The van der Waals surface area contributed by atoms with E-state index in [0.29, 0.717) is 27.1 Å². The predicted octanol–water partition coefficient (Wildman–Crippen LogP) is 6.14. The summed E-state index contributed by atoms with van der Waals surface area (Å²) in [6, 6.07) is 27.2. The van der Waals surface area contributed by atoms with E-state index in [2.05, 4.69) is 5.32 Å². The Balaban J connectivity index is 1.70. The first kappa shape index (κ1) is 30.9. The molecular weight excluding hydrogens is 597 g/mol. The second kappa shape index (κ2) is 13.7. The quantitative estimate of drug-likeness (QED) is 0.216. The number of hydrogen-bond acceptors (Lipinski definition) is 5. The Bertz CT molecular complexity index is 1640. The zero-order valence-corrected chi connectivity index (χ0v) is 25.2. The largest absolute Gasteiger partial charge is 0.457 e. The number of benzene rings is 4. The van der Waals surface area contributed by atoms with Gasteiger partial charge in [-0.3, -0.25) is 13.9 Å². The Kier molecular flexibility index (Phi) is 10.1. The standard InChI is InChI=1S/C31H29Cl2N3O5S/c1-22(31(38)34-2)35(20-23-13-14-24(32)19-29(23)33)30(37)21-36(42(39,40)28-11-7-4-8-12-28)25-15-17-27(18-16-25)41-26-9-5-3-6-10-26/h3-19,22H,20-21H2,1-2H3,(H,34,38)/t22-/m1/s1. The maximum absolute atomic E-state index is 13.9. The fraction of sp³-hybridized carbons (Fsp3) is 0.161. The lowest BCUT2D eigenvalue weighted by Gasteiger charge is -2.32. The predicted molar refractivity (Wildman–Crippen MR) is 164 cm³/mol. The summed E-state index contributed by atoms with van der Waals surface area (Å²) >= 11 is 12.4. The molecule has 1 N–H and O–H groups in total. The Labute approximate surface area is 255 Å². The molecule has 4 aromatic rings. The van der Waals surface area contributed by atoms with Crippen LogP contribution in [0.15, 0.2) is 108 Å². The van der Waals surface area contributed by atoms with Crippen molar-refractivity contribution in [3.63, 3.8) is 0 Å². The van der Waals surface area contributed by atoms with Crippen molar-refractivity contribution in [3.8, 4) is 11.5 Å². The molecule has 218 valence electrons. The highest BCUT2D eigenvalue weighted by Crippen LogP contribution is 2.29. The molecule has 0 aliphatic heterocycles. The third-order valence-electron chi connectivity index (χ3n) is 6.48. The molecule has 42 heavy (non-hydrogen) atoms. The summed E-state index contributed by atoms with van der Waals surface area (Å²) < 4.78 is 34.6. The van der Waals surface area contributed by atoms with Crippen LogP contribution in [0.3, 0.4) is 0 Å². The first-order valence-electron chi connectivity index (χ1n) is 13.0. The molecule has 0 bridgehead atoms. The van der Waals surface area contributed by atoms with Crippen molar-refractivity contribution in [2.75, 3.05) is 17.9 Å². The highest BCUT2D eigenvalue weighted by atomic mass is 35.5. The molecule has 0 fully saturated rings. The molecular formula is C31H29Cl2N3O5S. The number of nitrogens with zero attached hydrogens (tertiary/aromatic N) is 2. The average molecular weight is 627 g/mol. The summed E-state index contributed by atoms with van der Waals surface area (Å²) in [6.07, 6.45) is 0. The molecule has 0 heterocycles. The second-order valence-corrected chi connectivity index (χ2v) is 12.0. The Morgan fingerprint density at radius 1 is 0.857 bits per heavy atom. The average Bonchev–Trinajstić information content (AvgIpc) is 3.00. The number of halogens is 2. The van der Waals surface area contributed by atoms with Crippen molar-refractivity contribution in [2.24, 2.45) is 0 Å². The van der Waals surface area contributed by atoms with Crippen LogP contribution in [0.5, 0.6) is 11.5 Å². The van der Waals surface area contributed by atoms with Crippen LogP contribution in [-0.2, 0) is 26.2 Å². The summed E-state index contributed by atoms with van der Waals surface area (Å²) in [6.45, 7) is 0.932. The monoisotopic (exact) mass is 625 g/mol. The van der Waals surface area contributed by atoms with Gasteiger partial charge in [0, 0.05) is 23.6 Å². The summed E-state index contributed by atoms with van der Waals surface area (Å²) in [7, 11) is -2.73. The van der Waals surface area contributed by atoms with Crippen molar-refractivity contribution < 1.29 is 22.7 Å². The Morgan fingerprint density at radius 3 is 2.05 bits per heavy atom. The van der Waals surface area contributed by atoms with E-state index >= 15 is 0 Å². The van der Waals surface area contributed by atoms with E-state index in [1.54, 1.807) is 73.7 Å². The van der Waals surface area contributed by atoms with Gasteiger partial charge in [0.05, 0.1) is 10.6 Å². The molecule has 0 saturated carbocycles. The van der Waals surface area contributed by atoms with Gasteiger partial charge >= 0.3 is 0 Å². The molecule has 0 saturated heterocycles. The lowest BCUT2D eigenvalue weighted by atomic mass is 10.1. The normalized spacial score (nSPS) is 11.8. The third kappa shape index (κ3) is 7.42. The van der Waals surface area contributed by atoms with E-state index in [-0.39, 0.29) is 17.1 Å². The number of carbonyl (C=O) groups is 2. The van der Waals surface area contributed by atoms with Gasteiger partial charge in [-0.25, -0.2) is 8.42 Å². The summed E-state index contributed by atoms with van der Waals surface area (Å²) in [5.41, 5.74) is 0.787. The van der Waals surface area contributed by atoms with Crippen LogP contribution in [-0.4, -0.2) is 44.8 Å². The smallest absolute Gasteiger partial charge is 0.264 e. The van der Waals surface area contributed by atoms with Gasteiger partial charge in [0.1, 0.15) is 24.1 Å². The molecule has 0 radical (unpaired) electrons. The van der Waals surface area contributed by atoms with Gasteiger partial charge in [0.2, 0.25) is 11.8 Å². The molecule has 2 amide bonds. The molecule has 1 atom stereocenters. The van der Waals surface area contributed by atoms with Crippen LogP contribution in [0, 0.1) is 0 Å². The van der Waals surface area contributed by atoms with Gasteiger partial charge in [0.15, 0.2) is 0 Å². The topological polar surface area (TPSA) is 96.0 Å². The van der Waals surface area contributed by atoms with Gasteiger partial charge in [-0.2, -0.15) is 0 Å². The lowest BCUT2D eigenvalue weighted by molar-refractivity contribution is -0.139. The van der Waals surface area contributed by atoms with Gasteiger partial charge in [-0.1, -0.05) is 65.7 Å². The number of rotatable bonds is 11. The minimum atomic E-state index is -4.19. The summed E-state index contributed by atoms with van der Waals surface area (Å²) in [5.74, 6) is 0.0732. The van der Waals surface area contributed by atoms with E-state index in [1.165, 1.54) is 30.1 Å². The third-order valence-corrected chi connectivity index (χ3v) is 8.86. The van der Waals surface area contributed by atoms with Crippen LogP contribution < -0.4 is 14.4 Å². The van der Waals surface area contributed by atoms with Crippen LogP contribution in [0.1, 0.15) is 12.5 Å². The number of hydrogen-bond donors (Lipinski definition) is 1. The fourth-order valence-electron chi connectivity index (χ4n) is 4.18. The SMILES string of the molecule is CNC(=O)[C@@H](C)N(Cc1ccc(Cl)cc1Cl)C(=O)CN(c1ccc(Oc2ccccc2)cc1)S(=O)(=O)c1ccccc1. The number of carbonyl (C=O) groups excluding carboxylic acids is 2. The van der Waals surface area contributed by atoms with Crippen LogP contribution in [0.2, 0.25) is 10.0 Å². The number of sulfonamides is 1. The van der Waals surface area contributed by atoms with Crippen molar-refractivity contribution >= 4 is 50.7 Å². The molecule has 0 spiro atoms. The number of likely N-dealkylation sites (N-methyl/N-ethyl adjacent to an activating group) is 1. The number of nitrogens with one attached hydrogen (secondary N) is 1. The number of amides is 2. The van der Waals surface area contributed by atoms with Gasteiger partial charge in [-0.05, 0) is 73.2 Å². The maximum Gasteiger partial charge on any atom is 0.264 e. The van der Waals surface area contributed by atoms with Crippen molar-refractivity contribution in [1.82, 2.24) is 10.2 Å². The molecule has 0 unspecified atom stereocenters. The van der Waals surface area contributed by atoms with Crippen molar-refractivity contribution in [1.29, 1.82) is 0 Å². The summed E-state index contributed by atoms with van der Waals surface area (Å²) in [4.78, 5) is 27.8. The highest BCUT2D eigenvalue weighted by molar-refractivity contribution is 7.92. The molecule has 0 aliphatic carbocycles. The molecule has 0 aliphatic rings. The molecule has 8 nitrogen and oxygen atoms in total. The van der Waals surface area contributed by atoms with E-state index < -0.39 is 34.4 Å². The van der Waals surface area contributed by atoms with Crippen LogP contribution >= 0.6 is 23.2 Å². The molecule has 11 heteroatoms. The summed E-state index contributed by atoms with van der Waals surface area (Å²) in [5, 5.41) is 3.27. The van der Waals surface area contributed by atoms with E-state index in [4.69, 9.17) is 27.9 Å². The molecule has 4 aromatic carbocycles. The second-order valence-electron chi connectivity index (χ2n) is 9.28. The maximum atomic E-state index is 13.9. The van der Waals surface area contributed by atoms with Crippen LogP contribution in [0.4, 0.5) is 5.69 Å². The first-order chi connectivity index (χ1) is 20.1. The minimum Gasteiger partial charge on any atom is -0.457 e. The fourth-order valence-corrected chi connectivity index (χ4v) is 6.08. The highest BCUT2D eigenvalue weighted by Gasteiger charge is 2.32. The minimum absolute atomic E-state index is 0.00839. The number of ether oxygens (including phenoxy) is 1. The number of anilines is 1. The van der Waals surface area contributed by atoms with Crippen LogP contribution in [0.25, 0.3) is 0 Å². The molecule has 4 rings (SSSR count). The van der Waals surface area contributed by atoms with Gasteiger partial charge in [-0.15, -0.1) is 0 Å².